The minimum atomic E-state index is -0.0674. The van der Waals surface area contributed by atoms with E-state index in [1.807, 2.05) is 62.3 Å². The third kappa shape index (κ3) is 3.45. The number of anilines is 2. The molecule has 2 rings (SSSR count). The van der Waals surface area contributed by atoms with E-state index in [-0.39, 0.29) is 5.78 Å². The monoisotopic (exact) mass is 328 g/mol. The van der Waals surface area contributed by atoms with Crippen LogP contribution in [-0.4, -0.2) is 48.2 Å². The Balaban J connectivity index is 2.42. The van der Waals surface area contributed by atoms with E-state index in [0.717, 1.165) is 11.4 Å². The Bertz CT molecular complexity index is 678. The number of ketones is 1. The Hall–Kier alpha value is -2.69. The maximum Gasteiger partial charge on any atom is 0.193 e. The number of carbonyl (C=O) groups excluding carboxylic acids is 1. The molecule has 0 amide bonds. The number of methoxy groups -OCH3 is 2. The number of rotatable bonds is 6. The fourth-order valence-corrected chi connectivity index (χ4v) is 2.54. The third-order valence-electron chi connectivity index (χ3n) is 3.85. The quantitative estimate of drug-likeness (QED) is 0.762. The van der Waals surface area contributed by atoms with Gasteiger partial charge in [-0.3, -0.25) is 4.79 Å². The molecular weight excluding hydrogens is 304 g/mol. The normalized spacial score (nSPS) is 10.2. The van der Waals surface area contributed by atoms with Crippen molar-refractivity contribution in [3.05, 3.63) is 47.5 Å². The Kier molecular flexibility index (Phi) is 5.34. The topological polar surface area (TPSA) is 42.0 Å². The fraction of sp³-hybridized carbons (Fsp3) is 0.316. The average molecular weight is 328 g/mol. The molecule has 0 radical (unpaired) electrons. The van der Waals surface area contributed by atoms with Crippen LogP contribution in [0.5, 0.6) is 11.5 Å². The maximum atomic E-state index is 12.8. The maximum absolute atomic E-state index is 12.8. The van der Waals surface area contributed by atoms with Crippen molar-refractivity contribution in [3.8, 4) is 11.5 Å². The standard InChI is InChI=1S/C19H24N2O3/c1-20(2)15-9-7-13(11-17(15)23-5)19(22)14-8-10-16(21(3)4)18(12-14)24-6/h7-12H,1-6H3. The van der Waals surface area contributed by atoms with Gasteiger partial charge >= 0.3 is 0 Å². The van der Waals surface area contributed by atoms with Crippen LogP contribution in [0.4, 0.5) is 11.4 Å². The van der Waals surface area contributed by atoms with Gasteiger partial charge in [0.25, 0.3) is 0 Å². The number of nitrogens with zero attached hydrogens (tertiary/aromatic N) is 2. The zero-order valence-electron chi connectivity index (χ0n) is 15.1. The molecule has 0 heterocycles. The molecule has 5 heteroatoms. The Labute approximate surface area is 143 Å². The van der Waals surface area contributed by atoms with E-state index in [0.29, 0.717) is 22.6 Å². The van der Waals surface area contributed by atoms with Gasteiger partial charge in [0.05, 0.1) is 25.6 Å². The molecule has 0 aliphatic carbocycles. The summed E-state index contributed by atoms with van der Waals surface area (Å²) < 4.78 is 10.8. The van der Waals surface area contributed by atoms with Crippen molar-refractivity contribution >= 4 is 17.2 Å². The van der Waals surface area contributed by atoms with Crippen LogP contribution in [-0.2, 0) is 0 Å². The van der Waals surface area contributed by atoms with E-state index >= 15 is 0 Å². The largest absolute Gasteiger partial charge is 0.495 e. The molecule has 0 aliphatic rings. The van der Waals surface area contributed by atoms with Gasteiger partial charge < -0.3 is 19.3 Å². The van der Waals surface area contributed by atoms with Crippen LogP contribution in [0.3, 0.4) is 0 Å². The highest BCUT2D eigenvalue weighted by Crippen LogP contribution is 2.31. The van der Waals surface area contributed by atoms with Crippen LogP contribution in [0.25, 0.3) is 0 Å². The molecular formula is C19H24N2O3. The first-order chi connectivity index (χ1) is 11.4. The van der Waals surface area contributed by atoms with E-state index in [2.05, 4.69) is 0 Å². The molecule has 2 aromatic rings. The van der Waals surface area contributed by atoms with E-state index in [4.69, 9.17) is 9.47 Å². The Morgan fingerprint density at radius 3 is 1.42 bits per heavy atom. The highest BCUT2D eigenvalue weighted by molar-refractivity contribution is 6.10. The van der Waals surface area contributed by atoms with Crippen molar-refractivity contribution in [1.29, 1.82) is 0 Å². The molecule has 128 valence electrons. The van der Waals surface area contributed by atoms with Gasteiger partial charge in [0, 0.05) is 39.3 Å². The summed E-state index contributed by atoms with van der Waals surface area (Å²) in [5.41, 5.74) is 3.01. The molecule has 0 saturated heterocycles. The molecule has 2 aromatic carbocycles. The van der Waals surface area contributed by atoms with Gasteiger partial charge in [0.1, 0.15) is 11.5 Å². The molecule has 0 atom stereocenters. The first kappa shape index (κ1) is 17.7. The highest BCUT2D eigenvalue weighted by Gasteiger charge is 2.16. The van der Waals surface area contributed by atoms with Crippen molar-refractivity contribution in [1.82, 2.24) is 0 Å². The lowest BCUT2D eigenvalue weighted by atomic mass is 10.0. The molecule has 0 bridgehead atoms. The molecule has 0 saturated carbocycles. The van der Waals surface area contributed by atoms with Gasteiger partial charge in [-0.15, -0.1) is 0 Å². The van der Waals surface area contributed by atoms with Gasteiger partial charge in [-0.05, 0) is 36.4 Å². The predicted molar refractivity (Wildman–Crippen MR) is 98.1 cm³/mol. The summed E-state index contributed by atoms with van der Waals surface area (Å²) in [6.07, 6.45) is 0. The number of hydrogen-bond donors (Lipinski definition) is 0. The van der Waals surface area contributed by atoms with Crippen molar-refractivity contribution < 1.29 is 14.3 Å². The molecule has 0 aliphatic heterocycles. The minimum Gasteiger partial charge on any atom is -0.495 e. The number of carbonyl (C=O) groups is 1. The molecule has 0 unspecified atom stereocenters. The van der Waals surface area contributed by atoms with Crippen LogP contribution in [0.1, 0.15) is 15.9 Å². The smallest absolute Gasteiger partial charge is 0.193 e. The lowest BCUT2D eigenvalue weighted by Crippen LogP contribution is -2.12. The van der Waals surface area contributed by atoms with E-state index in [1.165, 1.54) is 0 Å². The average Bonchev–Trinajstić information content (AvgIpc) is 2.59. The van der Waals surface area contributed by atoms with Gasteiger partial charge in [0.15, 0.2) is 5.78 Å². The Morgan fingerprint density at radius 1 is 0.750 bits per heavy atom. The van der Waals surface area contributed by atoms with E-state index in [1.54, 1.807) is 26.4 Å². The van der Waals surface area contributed by atoms with Gasteiger partial charge in [-0.2, -0.15) is 0 Å². The molecule has 5 nitrogen and oxygen atoms in total. The summed E-state index contributed by atoms with van der Waals surface area (Å²) in [6.45, 7) is 0. The van der Waals surface area contributed by atoms with Gasteiger partial charge in [0.2, 0.25) is 0 Å². The van der Waals surface area contributed by atoms with Crippen molar-refractivity contribution in [2.24, 2.45) is 0 Å². The summed E-state index contributed by atoms with van der Waals surface area (Å²) in [5.74, 6) is 1.27. The molecule has 24 heavy (non-hydrogen) atoms. The molecule has 0 N–H and O–H groups in total. The van der Waals surface area contributed by atoms with Crippen molar-refractivity contribution in [3.63, 3.8) is 0 Å². The summed E-state index contributed by atoms with van der Waals surface area (Å²) in [7, 11) is 10.9. The van der Waals surface area contributed by atoms with Gasteiger partial charge in [-0.25, -0.2) is 0 Å². The van der Waals surface area contributed by atoms with Crippen LogP contribution >= 0.6 is 0 Å². The summed E-state index contributed by atoms with van der Waals surface area (Å²) >= 11 is 0. The SMILES string of the molecule is COc1cc(C(=O)c2ccc(N(C)C)c(OC)c2)ccc1N(C)C. The van der Waals surface area contributed by atoms with E-state index < -0.39 is 0 Å². The van der Waals surface area contributed by atoms with Crippen molar-refractivity contribution in [2.75, 3.05) is 52.2 Å². The summed E-state index contributed by atoms with van der Waals surface area (Å²) in [6, 6.07) is 10.9. The fourth-order valence-electron chi connectivity index (χ4n) is 2.54. The van der Waals surface area contributed by atoms with Crippen LogP contribution in [0, 0.1) is 0 Å². The third-order valence-corrected chi connectivity index (χ3v) is 3.85. The first-order valence-electron chi connectivity index (χ1n) is 7.64. The lowest BCUT2D eigenvalue weighted by Gasteiger charge is -2.18. The second-order valence-corrected chi connectivity index (χ2v) is 5.89. The zero-order chi connectivity index (χ0) is 17.9. The number of ether oxygens (including phenoxy) is 2. The molecule has 0 fully saturated rings. The van der Waals surface area contributed by atoms with Crippen LogP contribution < -0.4 is 19.3 Å². The predicted octanol–water partition coefficient (Wildman–Crippen LogP) is 3.07. The number of hydrogen-bond acceptors (Lipinski definition) is 5. The second-order valence-electron chi connectivity index (χ2n) is 5.89. The Morgan fingerprint density at radius 2 is 1.12 bits per heavy atom. The van der Waals surface area contributed by atoms with Crippen LogP contribution in [0.2, 0.25) is 0 Å². The zero-order valence-corrected chi connectivity index (χ0v) is 15.1. The minimum absolute atomic E-state index is 0.0674. The van der Waals surface area contributed by atoms with Gasteiger partial charge in [-0.1, -0.05) is 0 Å². The summed E-state index contributed by atoms with van der Waals surface area (Å²) in [5, 5.41) is 0. The lowest BCUT2D eigenvalue weighted by molar-refractivity contribution is 0.103. The number of benzene rings is 2. The molecule has 0 spiro atoms. The first-order valence-corrected chi connectivity index (χ1v) is 7.64. The van der Waals surface area contributed by atoms with Crippen molar-refractivity contribution in [2.45, 2.75) is 0 Å². The summed E-state index contributed by atoms with van der Waals surface area (Å²) in [4.78, 5) is 16.7. The second kappa shape index (κ2) is 7.25. The van der Waals surface area contributed by atoms with Crippen LogP contribution in [0.15, 0.2) is 36.4 Å². The van der Waals surface area contributed by atoms with E-state index in [9.17, 15) is 4.79 Å². The molecule has 0 aromatic heterocycles. The highest BCUT2D eigenvalue weighted by atomic mass is 16.5.